The maximum absolute atomic E-state index is 12.5. The molecule has 1 amide bonds. The van der Waals surface area contributed by atoms with Crippen molar-refractivity contribution in [2.24, 2.45) is 0 Å². The highest BCUT2D eigenvalue weighted by Crippen LogP contribution is 2.37. The Labute approximate surface area is 205 Å². The number of aromatic nitrogens is 3. The molecule has 0 spiro atoms. The first-order valence-electron chi connectivity index (χ1n) is 9.89. The molecule has 1 fully saturated rings. The fraction of sp³-hybridized carbons (Fsp3) is 0.381. The molecule has 0 radical (unpaired) electrons. The van der Waals surface area contributed by atoms with Gasteiger partial charge in [0.05, 0.1) is 21.8 Å². The fourth-order valence-corrected chi connectivity index (χ4v) is 4.40. The molecular weight excluding hydrogens is 576 g/mol. The predicted octanol–water partition coefficient (Wildman–Crippen LogP) is 5.91. The van der Waals surface area contributed by atoms with E-state index in [0.29, 0.717) is 24.4 Å². The molecular formula is C21H19ClF3IN4O3. The average molecular weight is 595 g/mol. The number of halogens is 5. The van der Waals surface area contributed by atoms with Gasteiger partial charge in [-0.2, -0.15) is 5.10 Å². The number of carbonyl (C=O) groups excluding carboxylic acids is 1. The highest BCUT2D eigenvalue weighted by Gasteiger charge is 2.38. The van der Waals surface area contributed by atoms with E-state index in [2.05, 4.69) is 32.3 Å². The first-order valence-corrected chi connectivity index (χ1v) is 11.3. The van der Waals surface area contributed by atoms with Crippen molar-refractivity contribution < 1.29 is 27.4 Å². The van der Waals surface area contributed by atoms with Crippen molar-refractivity contribution in [3.05, 3.63) is 44.7 Å². The molecule has 2 aromatic heterocycles. The molecule has 3 aromatic rings. The number of likely N-dealkylation sites (tertiary alicyclic amines) is 1. The summed E-state index contributed by atoms with van der Waals surface area (Å²) >= 11 is 8.47. The average Bonchev–Trinajstić information content (AvgIpc) is 2.98. The number of alkyl halides is 3. The smallest absolute Gasteiger partial charge is 0.444 e. The largest absolute Gasteiger partial charge is 0.573 e. The Morgan fingerprint density at radius 1 is 1.21 bits per heavy atom. The van der Waals surface area contributed by atoms with Crippen LogP contribution in [0, 0.1) is 3.57 Å². The van der Waals surface area contributed by atoms with Crippen LogP contribution in [0.4, 0.5) is 18.0 Å². The molecule has 1 aliphatic rings. The Kier molecular flexibility index (Phi) is 6.14. The maximum Gasteiger partial charge on any atom is 0.573 e. The summed E-state index contributed by atoms with van der Waals surface area (Å²) in [4.78, 5) is 18.3. The minimum Gasteiger partial charge on any atom is -0.444 e. The van der Waals surface area contributed by atoms with E-state index >= 15 is 0 Å². The summed E-state index contributed by atoms with van der Waals surface area (Å²) in [6.45, 7) is 6.27. The van der Waals surface area contributed by atoms with Gasteiger partial charge in [-0.3, -0.25) is 0 Å². The number of hydrogen-bond donors (Lipinski definition) is 0. The van der Waals surface area contributed by atoms with Crippen molar-refractivity contribution in [3.63, 3.8) is 0 Å². The van der Waals surface area contributed by atoms with Crippen LogP contribution in [-0.4, -0.2) is 50.8 Å². The molecule has 33 heavy (non-hydrogen) atoms. The normalized spacial score (nSPS) is 15.0. The molecule has 1 aromatic carbocycles. The van der Waals surface area contributed by atoms with E-state index in [1.54, 1.807) is 31.9 Å². The van der Waals surface area contributed by atoms with Crippen LogP contribution in [0.1, 0.15) is 32.4 Å². The first kappa shape index (κ1) is 23.9. The minimum absolute atomic E-state index is 0.0253. The lowest BCUT2D eigenvalue weighted by Crippen LogP contribution is -2.50. The van der Waals surface area contributed by atoms with Crippen molar-refractivity contribution in [3.8, 4) is 11.4 Å². The zero-order valence-electron chi connectivity index (χ0n) is 17.8. The summed E-state index contributed by atoms with van der Waals surface area (Å²) in [7, 11) is 0. The number of pyridine rings is 1. The number of carbonyl (C=O) groups is 1. The van der Waals surface area contributed by atoms with Gasteiger partial charge in [-0.1, -0.05) is 11.6 Å². The first-order chi connectivity index (χ1) is 15.3. The second kappa shape index (κ2) is 8.49. The summed E-state index contributed by atoms with van der Waals surface area (Å²) in [5.74, 6) is -0.479. The van der Waals surface area contributed by atoms with Crippen LogP contribution >= 0.6 is 34.2 Å². The van der Waals surface area contributed by atoms with Crippen molar-refractivity contribution in [1.29, 1.82) is 0 Å². The van der Waals surface area contributed by atoms with E-state index in [0.717, 1.165) is 20.7 Å². The van der Waals surface area contributed by atoms with E-state index in [-0.39, 0.29) is 10.9 Å². The second-order valence-electron chi connectivity index (χ2n) is 8.53. The Bertz CT molecular complexity index is 1220. The number of rotatable bonds is 3. The number of hydrogen-bond acceptors (Lipinski definition) is 5. The molecule has 3 heterocycles. The molecule has 12 heteroatoms. The third-order valence-electron chi connectivity index (χ3n) is 4.85. The lowest BCUT2D eigenvalue weighted by Gasteiger charge is -2.39. The van der Waals surface area contributed by atoms with Gasteiger partial charge in [0.2, 0.25) is 0 Å². The third kappa shape index (κ3) is 5.13. The van der Waals surface area contributed by atoms with Crippen molar-refractivity contribution >= 4 is 51.3 Å². The minimum atomic E-state index is -4.82. The lowest BCUT2D eigenvalue weighted by molar-refractivity contribution is -0.274. The molecule has 7 nitrogen and oxygen atoms in total. The van der Waals surface area contributed by atoms with Crippen LogP contribution in [0.25, 0.3) is 16.7 Å². The molecule has 4 rings (SSSR count). The second-order valence-corrected chi connectivity index (χ2v) is 10.1. The highest BCUT2D eigenvalue weighted by atomic mass is 127. The van der Waals surface area contributed by atoms with Crippen molar-refractivity contribution in [2.45, 2.75) is 38.7 Å². The van der Waals surface area contributed by atoms with E-state index in [9.17, 15) is 18.0 Å². The molecule has 1 aliphatic heterocycles. The Morgan fingerprint density at radius 3 is 2.52 bits per heavy atom. The summed E-state index contributed by atoms with van der Waals surface area (Å²) in [6, 6.07) is 5.49. The van der Waals surface area contributed by atoms with Crippen LogP contribution in [0.2, 0.25) is 5.02 Å². The summed E-state index contributed by atoms with van der Waals surface area (Å²) in [5, 5.41) is 5.53. The van der Waals surface area contributed by atoms with Crippen molar-refractivity contribution in [2.75, 3.05) is 13.1 Å². The number of benzene rings is 1. The van der Waals surface area contributed by atoms with Gasteiger partial charge in [0.15, 0.2) is 5.65 Å². The van der Waals surface area contributed by atoms with Crippen LogP contribution in [0.5, 0.6) is 5.75 Å². The molecule has 1 saturated heterocycles. The molecule has 176 valence electrons. The highest BCUT2D eigenvalue weighted by molar-refractivity contribution is 14.1. The number of nitrogens with zero attached hydrogens (tertiary/aromatic N) is 4. The van der Waals surface area contributed by atoms with Gasteiger partial charge in [0.1, 0.15) is 11.4 Å². The van der Waals surface area contributed by atoms with Crippen LogP contribution < -0.4 is 4.74 Å². The summed E-state index contributed by atoms with van der Waals surface area (Å²) in [6.07, 6.45) is -3.59. The van der Waals surface area contributed by atoms with Crippen LogP contribution in [-0.2, 0) is 4.74 Å². The van der Waals surface area contributed by atoms with Gasteiger partial charge >= 0.3 is 12.5 Å². The van der Waals surface area contributed by atoms with Crippen LogP contribution in [0.3, 0.4) is 0 Å². The Balaban J connectivity index is 1.66. The summed E-state index contributed by atoms with van der Waals surface area (Å²) in [5.41, 5.74) is 1.02. The molecule has 0 saturated carbocycles. The monoisotopic (exact) mass is 594 g/mol. The molecule has 0 atom stereocenters. The molecule has 0 bridgehead atoms. The predicted molar refractivity (Wildman–Crippen MR) is 124 cm³/mol. The fourth-order valence-electron chi connectivity index (χ4n) is 3.47. The molecule has 0 N–H and O–H groups in total. The van der Waals surface area contributed by atoms with Gasteiger partial charge in [-0.15, -0.1) is 13.2 Å². The van der Waals surface area contributed by atoms with E-state index in [1.165, 1.54) is 16.8 Å². The summed E-state index contributed by atoms with van der Waals surface area (Å²) < 4.78 is 49.4. The molecule has 0 unspecified atom stereocenters. The Morgan fingerprint density at radius 2 is 1.91 bits per heavy atom. The van der Waals surface area contributed by atoms with E-state index in [4.69, 9.17) is 21.4 Å². The molecule has 0 aliphatic carbocycles. The quantitative estimate of drug-likeness (QED) is 0.353. The topological polar surface area (TPSA) is 69.5 Å². The van der Waals surface area contributed by atoms with Crippen LogP contribution in [0.15, 0.2) is 30.5 Å². The number of amides is 1. The number of fused-ring (bicyclic) bond motifs is 1. The zero-order chi connectivity index (χ0) is 24.1. The number of ether oxygens (including phenoxy) is 2. The zero-order valence-corrected chi connectivity index (χ0v) is 20.7. The lowest BCUT2D eigenvalue weighted by atomic mass is 9.95. The SMILES string of the molecule is CC(C)(C)OC(=O)N1CC(c2nn(-c3ccc(OC(F)(F)F)cc3Cl)c3nccc(I)c23)C1. The van der Waals surface area contributed by atoms with Gasteiger partial charge in [-0.25, -0.2) is 14.5 Å². The maximum atomic E-state index is 12.5. The van der Waals surface area contributed by atoms with E-state index < -0.39 is 23.8 Å². The van der Waals surface area contributed by atoms with Gasteiger partial charge in [-0.05, 0) is 61.6 Å². The Hall–Kier alpha value is -2.28. The standard InChI is InChI=1S/C21H19ClF3IN4O3/c1-20(2,3)33-19(31)29-9-11(10-29)17-16-14(26)6-7-27-18(16)30(28-17)15-5-4-12(8-13(15)22)32-21(23,24)25/h4-8,11H,9-10H2,1-3H3. The van der Waals surface area contributed by atoms with Gasteiger partial charge in [0, 0.05) is 34.8 Å². The third-order valence-corrected chi connectivity index (χ3v) is 6.05. The van der Waals surface area contributed by atoms with Gasteiger partial charge in [0.25, 0.3) is 0 Å². The van der Waals surface area contributed by atoms with E-state index in [1.807, 2.05) is 6.07 Å². The van der Waals surface area contributed by atoms with Crippen molar-refractivity contribution in [1.82, 2.24) is 19.7 Å². The van der Waals surface area contributed by atoms with Gasteiger partial charge < -0.3 is 14.4 Å².